The van der Waals surface area contributed by atoms with E-state index in [0.717, 1.165) is 11.3 Å². The van der Waals surface area contributed by atoms with Gasteiger partial charge in [-0.15, -0.1) is 0 Å². The minimum atomic E-state index is -0.421. The summed E-state index contributed by atoms with van der Waals surface area (Å²) >= 11 is 6.34. The molecule has 2 aromatic rings. The molecule has 7 heteroatoms. The highest BCUT2D eigenvalue weighted by Gasteiger charge is 2.14. The summed E-state index contributed by atoms with van der Waals surface area (Å²) in [7, 11) is 0. The molecule has 0 bridgehead atoms. The average Bonchev–Trinajstić information content (AvgIpc) is 2.42. The Bertz CT molecular complexity index is 708. The molecule has 4 nitrogen and oxygen atoms in total. The van der Waals surface area contributed by atoms with Gasteiger partial charge in [-0.05, 0) is 52.7 Å². The van der Waals surface area contributed by atoms with Crippen LogP contribution in [0.1, 0.15) is 11.1 Å². The van der Waals surface area contributed by atoms with Gasteiger partial charge in [0, 0.05) is 28.3 Å². The van der Waals surface area contributed by atoms with Crippen LogP contribution in [0.4, 0.5) is 15.8 Å². The van der Waals surface area contributed by atoms with Crippen LogP contribution >= 0.6 is 31.9 Å². The molecule has 0 saturated heterocycles. The van der Waals surface area contributed by atoms with Crippen LogP contribution in [0.3, 0.4) is 0 Å². The Morgan fingerprint density at radius 3 is 2.67 bits per heavy atom. The van der Waals surface area contributed by atoms with Gasteiger partial charge < -0.3 is 5.32 Å². The standard InChI is InChI=1S/C14H11Br2FN2O2/c1-8-4-12(17)11(16)6-13(8)18-7-9-2-3-10(15)5-14(9)19(20)21/h2-6,18H,7H2,1H3. The van der Waals surface area contributed by atoms with E-state index in [1.165, 1.54) is 12.1 Å². The maximum absolute atomic E-state index is 13.4. The molecule has 0 unspecified atom stereocenters. The zero-order chi connectivity index (χ0) is 15.6. The van der Waals surface area contributed by atoms with Crippen molar-refractivity contribution in [2.24, 2.45) is 0 Å². The summed E-state index contributed by atoms with van der Waals surface area (Å²) in [6, 6.07) is 7.92. The number of nitro benzene ring substituents is 1. The first-order valence-electron chi connectivity index (χ1n) is 6.01. The van der Waals surface area contributed by atoms with Crippen molar-refractivity contribution < 1.29 is 9.31 Å². The van der Waals surface area contributed by atoms with Gasteiger partial charge in [0.1, 0.15) is 5.82 Å². The summed E-state index contributed by atoms with van der Waals surface area (Å²) in [5.74, 6) is -0.340. The lowest BCUT2D eigenvalue weighted by Crippen LogP contribution is -2.04. The SMILES string of the molecule is Cc1cc(F)c(Br)cc1NCc1ccc(Br)cc1[N+](=O)[O-]. The van der Waals surface area contributed by atoms with E-state index in [4.69, 9.17) is 0 Å². The molecule has 0 heterocycles. The summed E-state index contributed by atoms with van der Waals surface area (Å²) in [5, 5.41) is 14.1. The minimum absolute atomic E-state index is 0.0377. The first kappa shape index (κ1) is 15.9. The fourth-order valence-electron chi connectivity index (χ4n) is 1.88. The molecule has 0 saturated carbocycles. The molecule has 0 atom stereocenters. The number of anilines is 1. The van der Waals surface area contributed by atoms with Crippen molar-refractivity contribution in [2.45, 2.75) is 13.5 Å². The lowest BCUT2D eigenvalue weighted by molar-refractivity contribution is -0.385. The Kier molecular flexibility index (Phi) is 4.95. The van der Waals surface area contributed by atoms with Crippen molar-refractivity contribution in [1.82, 2.24) is 0 Å². The van der Waals surface area contributed by atoms with Crippen LogP contribution in [-0.4, -0.2) is 4.92 Å². The minimum Gasteiger partial charge on any atom is -0.380 e. The molecular formula is C14H11Br2FN2O2. The monoisotopic (exact) mass is 416 g/mol. The van der Waals surface area contributed by atoms with Crippen molar-refractivity contribution in [3.8, 4) is 0 Å². The van der Waals surface area contributed by atoms with Crippen molar-refractivity contribution in [2.75, 3.05) is 5.32 Å². The Labute approximate surface area is 137 Å². The summed E-state index contributed by atoms with van der Waals surface area (Å²) in [6.45, 7) is 2.05. The van der Waals surface area contributed by atoms with Crippen molar-refractivity contribution in [1.29, 1.82) is 0 Å². The summed E-state index contributed by atoms with van der Waals surface area (Å²) in [4.78, 5) is 10.6. The molecule has 0 aliphatic carbocycles. The van der Waals surface area contributed by atoms with Gasteiger partial charge in [0.25, 0.3) is 5.69 Å². The fraction of sp³-hybridized carbons (Fsp3) is 0.143. The molecule has 0 aromatic heterocycles. The number of hydrogen-bond donors (Lipinski definition) is 1. The molecule has 2 aromatic carbocycles. The molecule has 0 fully saturated rings. The van der Waals surface area contributed by atoms with Crippen LogP contribution in [0.5, 0.6) is 0 Å². The molecule has 2 rings (SSSR count). The van der Waals surface area contributed by atoms with Crippen LogP contribution in [0.2, 0.25) is 0 Å². The summed E-state index contributed by atoms with van der Waals surface area (Å²) in [6.07, 6.45) is 0. The Balaban J connectivity index is 2.25. The molecule has 21 heavy (non-hydrogen) atoms. The van der Waals surface area contributed by atoms with Crippen LogP contribution in [-0.2, 0) is 6.54 Å². The van der Waals surface area contributed by atoms with Crippen molar-refractivity contribution >= 4 is 43.2 Å². The first-order chi connectivity index (χ1) is 9.88. The average molecular weight is 418 g/mol. The number of halogens is 3. The van der Waals surface area contributed by atoms with Crippen molar-refractivity contribution in [3.63, 3.8) is 0 Å². The Morgan fingerprint density at radius 2 is 2.00 bits per heavy atom. The highest BCUT2D eigenvalue weighted by molar-refractivity contribution is 9.10. The second-order valence-corrected chi connectivity index (χ2v) is 6.23. The van der Waals surface area contributed by atoms with Gasteiger partial charge in [-0.1, -0.05) is 15.9 Å². The normalized spacial score (nSPS) is 10.5. The molecule has 0 spiro atoms. The number of nitrogens with one attached hydrogen (secondary N) is 1. The predicted octanol–water partition coefficient (Wildman–Crippen LogP) is 5.18. The number of rotatable bonds is 4. The van der Waals surface area contributed by atoms with Gasteiger partial charge in [-0.25, -0.2) is 4.39 Å². The van der Waals surface area contributed by atoms with Crippen LogP contribution in [0, 0.1) is 22.9 Å². The Hall–Kier alpha value is -1.47. The van der Waals surface area contributed by atoms with Gasteiger partial charge >= 0.3 is 0 Å². The number of nitrogens with zero attached hydrogens (tertiary/aromatic N) is 1. The molecule has 0 radical (unpaired) electrons. The van der Waals surface area contributed by atoms with Gasteiger partial charge in [-0.3, -0.25) is 10.1 Å². The van der Waals surface area contributed by atoms with Crippen LogP contribution in [0.25, 0.3) is 0 Å². The maximum atomic E-state index is 13.4. The summed E-state index contributed by atoms with van der Waals surface area (Å²) < 4.78 is 14.4. The van der Waals surface area contributed by atoms with E-state index in [9.17, 15) is 14.5 Å². The zero-order valence-electron chi connectivity index (χ0n) is 11.0. The van der Waals surface area contributed by atoms with E-state index in [2.05, 4.69) is 37.2 Å². The topological polar surface area (TPSA) is 55.2 Å². The van der Waals surface area contributed by atoms with Crippen LogP contribution in [0.15, 0.2) is 39.3 Å². The van der Waals surface area contributed by atoms with Gasteiger partial charge in [0.2, 0.25) is 0 Å². The zero-order valence-corrected chi connectivity index (χ0v) is 14.2. The van der Waals surface area contributed by atoms with E-state index in [1.54, 1.807) is 25.1 Å². The number of aryl methyl sites for hydroxylation is 1. The number of hydrogen-bond acceptors (Lipinski definition) is 3. The number of benzene rings is 2. The van der Waals surface area contributed by atoms with E-state index in [0.29, 0.717) is 14.5 Å². The molecule has 0 aliphatic rings. The third kappa shape index (κ3) is 3.79. The van der Waals surface area contributed by atoms with E-state index < -0.39 is 4.92 Å². The number of nitro groups is 1. The summed E-state index contributed by atoms with van der Waals surface area (Å²) in [5.41, 5.74) is 2.05. The molecular weight excluding hydrogens is 407 g/mol. The lowest BCUT2D eigenvalue weighted by Gasteiger charge is -2.11. The molecule has 0 amide bonds. The highest BCUT2D eigenvalue weighted by Crippen LogP contribution is 2.27. The van der Waals surface area contributed by atoms with E-state index >= 15 is 0 Å². The quantitative estimate of drug-likeness (QED) is 0.550. The smallest absolute Gasteiger partial charge is 0.275 e. The van der Waals surface area contributed by atoms with E-state index in [-0.39, 0.29) is 18.0 Å². The fourth-order valence-corrected chi connectivity index (χ4v) is 2.58. The van der Waals surface area contributed by atoms with E-state index in [1.807, 2.05) is 0 Å². The highest BCUT2D eigenvalue weighted by atomic mass is 79.9. The molecule has 0 aliphatic heterocycles. The second-order valence-electron chi connectivity index (χ2n) is 4.46. The molecule has 1 N–H and O–H groups in total. The van der Waals surface area contributed by atoms with Gasteiger partial charge in [0.05, 0.1) is 9.40 Å². The maximum Gasteiger partial charge on any atom is 0.275 e. The second kappa shape index (κ2) is 6.53. The van der Waals surface area contributed by atoms with Crippen LogP contribution < -0.4 is 5.32 Å². The lowest BCUT2D eigenvalue weighted by atomic mass is 10.1. The third-order valence-corrected chi connectivity index (χ3v) is 4.08. The van der Waals surface area contributed by atoms with Gasteiger partial charge in [0.15, 0.2) is 0 Å². The first-order valence-corrected chi connectivity index (χ1v) is 7.59. The van der Waals surface area contributed by atoms with Crippen molar-refractivity contribution in [3.05, 3.63) is 66.3 Å². The Morgan fingerprint density at radius 1 is 1.29 bits per heavy atom. The predicted molar refractivity (Wildman–Crippen MR) is 87.0 cm³/mol. The molecule has 110 valence electrons. The third-order valence-electron chi connectivity index (χ3n) is 2.98. The van der Waals surface area contributed by atoms with Gasteiger partial charge in [-0.2, -0.15) is 0 Å². The largest absolute Gasteiger partial charge is 0.380 e.